The fourth-order valence-electron chi connectivity index (χ4n) is 2.20. The van der Waals surface area contributed by atoms with E-state index < -0.39 is 11.7 Å². The van der Waals surface area contributed by atoms with Gasteiger partial charge in [0.25, 0.3) is 5.91 Å². The van der Waals surface area contributed by atoms with Crippen molar-refractivity contribution < 1.29 is 9.18 Å². The van der Waals surface area contributed by atoms with E-state index in [-0.39, 0.29) is 5.57 Å². The predicted octanol–water partition coefficient (Wildman–Crippen LogP) is 2.89. The molecule has 0 atom stereocenters. The molecule has 120 valence electrons. The molecule has 0 aliphatic heterocycles. The van der Waals surface area contributed by atoms with Crippen LogP contribution < -0.4 is 5.32 Å². The number of carbonyl (C=O) groups excluding carboxylic acids is 1. The van der Waals surface area contributed by atoms with E-state index in [2.05, 4.69) is 10.3 Å². The third-order valence-corrected chi connectivity index (χ3v) is 3.42. The lowest BCUT2D eigenvalue weighted by Gasteiger charge is -2.04. The number of nitrogens with zero attached hydrogens (tertiary/aromatic N) is 4. The summed E-state index contributed by atoms with van der Waals surface area (Å²) in [5.41, 5.74) is 1.72. The lowest BCUT2D eigenvalue weighted by Crippen LogP contribution is -2.13. The van der Waals surface area contributed by atoms with E-state index in [1.165, 1.54) is 36.5 Å². The fraction of sp³-hybridized carbons (Fsp3) is 0. The van der Waals surface area contributed by atoms with Crippen LogP contribution in [0.3, 0.4) is 0 Å². The highest BCUT2D eigenvalue weighted by Gasteiger charge is 2.11. The van der Waals surface area contributed by atoms with Gasteiger partial charge in [-0.2, -0.15) is 10.5 Å². The molecule has 0 fully saturated rings. The molecular weight excluding hydrogens is 321 g/mol. The van der Waals surface area contributed by atoms with Gasteiger partial charge in [0.1, 0.15) is 29.2 Å². The number of halogens is 1. The first-order valence-corrected chi connectivity index (χ1v) is 7.16. The first-order chi connectivity index (χ1) is 12.1. The van der Waals surface area contributed by atoms with Crippen molar-refractivity contribution in [3.8, 4) is 12.1 Å². The Morgan fingerprint density at radius 3 is 2.64 bits per heavy atom. The van der Waals surface area contributed by atoms with Crippen LogP contribution in [0.1, 0.15) is 11.3 Å². The number of benzene rings is 1. The molecule has 0 radical (unpaired) electrons. The van der Waals surface area contributed by atoms with Crippen LogP contribution in [0.5, 0.6) is 0 Å². The Balaban J connectivity index is 1.92. The summed E-state index contributed by atoms with van der Waals surface area (Å²) >= 11 is 0. The second-order valence-electron chi connectivity index (χ2n) is 5.07. The minimum absolute atomic E-state index is 0.145. The molecule has 0 aliphatic rings. The highest BCUT2D eigenvalue weighted by molar-refractivity contribution is 6.09. The van der Waals surface area contributed by atoms with E-state index in [1.54, 1.807) is 22.7 Å². The number of pyridine rings is 1. The maximum Gasteiger partial charge on any atom is 0.266 e. The zero-order chi connectivity index (χ0) is 17.8. The highest BCUT2D eigenvalue weighted by Crippen LogP contribution is 2.14. The van der Waals surface area contributed by atoms with Crippen LogP contribution in [0.4, 0.5) is 10.1 Å². The van der Waals surface area contributed by atoms with E-state index in [0.717, 1.165) is 0 Å². The average Bonchev–Trinajstić information content (AvgIpc) is 3.03. The Bertz CT molecular complexity index is 1070. The molecule has 0 unspecified atom stereocenters. The van der Waals surface area contributed by atoms with Crippen molar-refractivity contribution in [2.24, 2.45) is 0 Å². The first kappa shape index (κ1) is 15.9. The second-order valence-corrected chi connectivity index (χ2v) is 5.07. The van der Waals surface area contributed by atoms with Crippen LogP contribution in [-0.4, -0.2) is 15.3 Å². The van der Waals surface area contributed by atoms with Crippen molar-refractivity contribution in [3.05, 3.63) is 71.4 Å². The van der Waals surface area contributed by atoms with Gasteiger partial charge in [0.2, 0.25) is 0 Å². The summed E-state index contributed by atoms with van der Waals surface area (Å²) in [7, 11) is 0. The summed E-state index contributed by atoms with van der Waals surface area (Å²) in [5, 5.41) is 20.8. The largest absolute Gasteiger partial charge is 0.321 e. The van der Waals surface area contributed by atoms with Crippen LogP contribution in [0.15, 0.2) is 54.4 Å². The van der Waals surface area contributed by atoms with Crippen LogP contribution in [-0.2, 0) is 4.79 Å². The molecule has 6 nitrogen and oxygen atoms in total. The zero-order valence-electron chi connectivity index (χ0n) is 12.8. The molecule has 7 heteroatoms. The van der Waals surface area contributed by atoms with Gasteiger partial charge in [0.05, 0.1) is 17.5 Å². The number of nitrogens with one attached hydrogen (secondary N) is 1. The molecule has 0 aliphatic carbocycles. The van der Waals surface area contributed by atoms with E-state index in [4.69, 9.17) is 5.26 Å². The second kappa shape index (κ2) is 6.65. The molecule has 1 N–H and O–H groups in total. The van der Waals surface area contributed by atoms with Crippen LogP contribution in [0.2, 0.25) is 0 Å². The number of rotatable bonds is 3. The highest BCUT2D eigenvalue weighted by atomic mass is 19.1. The van der Waals surface area contributed by atoms with Crippen molar-refractivity contribution in [2.75, 3.05) is 5.32 Å². The van der Waals surface area contributed by atoms with Crippen LogP contribution in [0, 0.1) is 28.5 Å². The molecule has 3 aromatic rings. The minimum Gasteiger partial charge on any atom is -0.321 e. The van der Waals surface area contributed by atoms with Crippen molar-refractivity contribution in [3.63, 3.8) is 0 Å². The van der Waals surface area contributed by atoms with Gasteiger partial charge in [-0.1, -0.05) is 0 Å². The lowest BCUT2D eigenvalue weighted by atomic mass is 10.2. The topological polar surface area (TPSA) is 94.0 Å². The molecular formula is C18H10FN5O. The van der Waals surface area contributed by atoms with Crippen molar-refractivity contribution in [1.82, 2.24) is 9.38 Å². The van der Waals surface area contributed by atoms with Crippen LogP contribution in [0.25, 0.3) is 11.7 Å². The van der Waals surface area contributed by atoms with E-state index in [9.17, 15) is 14.4 Å². The Labute approximate surface area is 142 Å². The van der Waals surface area contributed by atoms with Gasteiger partial charge in [-0.25, -0.2) is 9.37 Å². The quantitative estimate of drug-likeness (QED) is 0.590. The van der Waals surface area contributed by atoms with Crippen molar-refractivity contribution >= 4 is 23.3 Å². The van der Waals surface area contributed by atoms with Crippen LogP contribution >= 0.6 is 0 Å². The standard InChI is InChI=1S/C18H10FN5O/c19-14-2-4-15(5-3-14)23-18(25)13(9-21)7-16-10-22-17-6-1-12(8-20)11-24(16)17/h1-7,10-11H,(H,23,25)/b13-7-. The maximum atomic E-state index is 12.9. The Hall–Kier alpha value is -3.97. The van der Waals surface area contributed by atoms with Gasteiger partial charge in [-0.3, -0.25) is 9.20 Å². The first-order valence-electron chi connectivity index (χ1n) is 7.16. The third-order valence-electron chi connectivity index (χ3n) is 3.42. The van der Waals surface area contributed by atoms with Gasteiger partial charge in [-0.15, -0.1) is 0 Å². The zero-order valence-corrected chi connectivity index (χ0v) is 12.8. The van der Waals surface area contributed by atoms with Gasteiger partial charge in [-0.05, 0) is 42.5 Å². The van der Waals surface area contributed by atoms with Gasteiger partial charge in [0, 0.05) is 11.9 Å². The van der Waals surface area contributed by atoms with E-state index >= 15 is 0 Å². The fourth-order valence-corrected chi connectivity index (χ4v) is 2.20. The molecule has 2 aromatic heterocycles. The molecule has 0 saturated carbocycles. The number of nitriles is 2. The average molecular weight is 331 g/mol. The normalized spacial score (nSPS) is 10.9. The predicted molar refractivity (Wildman–Crippen MR) is 88.5 cm³/mol. The number of aromatic nitrogens is 2. The molecule has 25 heavy (non-hydrogen) atoms. The Morgan fingerprint density at radius 1 is 1.20 bits per heavy atom. The Kier molecular flexibility index (Phi) is 4.23. The molecule has 0 saturated heterocycles. The van der Waals surface area contributed by atoms with Gasteiger partial charge >= 0.3 is 0 Å². The number of hydrogen-bond donors (Lipinski definition) is 1. The SMILES string of the molecule is N#C/C(=C/c1cnc2ccc(C#N)cn12)C(=O)Nc1ccc(F)cc1. The number of fused-ring (bicyclic) bond motifs is 1. The van der Waals surface area contributed by atoms with E-state index in [1.807, 2.05) is 12.1 Å². The van der Waals surface area contributed by atoms with Crippen molar-refractivity contribution in [2.45, 2.75) is 0 Å². The minimum atomic E-state index is -0.625. The molecule has 0 spiro atoms. The third kappa shape index (κ3) is 3.36. The smallest absolute Gasteiger partial charge is 0.266 e. The molecule has 3 rings (SSSR count). The number of carbonyl (C=O) groups is 1. The monoisotopic (exact) mass is 331 g/mol. The number of imidazole rings is 1. The van der Waals surface area contributed by atoms with Gasteiger partial charge in [0.15, 0.2) is 0 Å². The summed E-state index contributed by atoms with van der Waals surface area (Å²) in [6.07, 6.45) is 4.44. The summed E-state index contributed by atoms with van der Waals surface area (Å²) in [6.45, 7) is 0. The van der Waals surface area contributed by atoms with Crippen molar-refractivity contribution in [1.29, 1.82) is 10.5 Å². The lowest BCUT2D eigenvalue weighted by molar-refractivity contribution is -0.112. The maximum absolute atomic E-state index is 12.9. The number of anilines is 1. The molecule has 0 bridgehead atoms. The molecule has 1 aromatic carbocycles. The van der Waals surface area contributed by atoms with E-state index in [0.29, 0.717) is 22.6 Å². The Morgan fingerprint density at radius 2 is 1.96 bits per heavy atom. The summed E-state index contributed by atoms with van der Waals surface area (Å²) < 4.78 is 14.5. The number of hydrogen-bond acceptors (Lipinski definition) is 4. The molecule has 2 heterocycles. The number of amides is 1. The summed E-state index contributed by atoms with van der Waals surface area (Å²) in [6, 6.07) is 12.4. The summed E-state index contributed by atoms with van der Waals surface area (Å²) in [4.78, 5) is 16.4. The molecule has 1 amide bonds. The van der Waals surface area contributed by atoms with Gasteiger partial charge < -0.3 is 5.32 Å². The summed E-state index contributed by atoms with van der Waals surface area (Å²) in [5.74, 6) is -1.05.